The van der Waals surface area contributed by atoms with Crippen molar-refractivity contribution in [2.45, 2.75) is 74.5 Å². The molecule has 0 aliphatic carbocycles. The van der Waals surface area contributed by atoms with Crippen molar-refractivity contribution in [2.75, 3.05) is 5.32 Å². The Balaban J connectivity index is 0.00000124. The van der Waals surface area contributed by atoms with Crippen LogP contribution < -0.4 is 10.6 Å². The molecule has 0 spiro atoms. The highest BCUT2D eigenvalue weighted by molar-refractivity contribution is 5.94. The van der Waals surface area contributed by atoms with Crippen LogP contribution in [0.5, 0.6) is 0 Å². The minimum Gasteiger partial charge on any atom is -0.384 e. The zero-order valence-corrected chi connectivity index (χ0v) is 22.4. The lowest BCUT2D eigenvalue weighted by atomic mass is 9.89. The fraction of sp³-hybridized carbons (Fsp3) is 0.367. The van der Waals surface area contributed by atoms with Gasteiger partial charge in [0.25, 0.3) is 0 Å². The molecule has 3 aromatic carbocycles. The lowest BCUT2D eigenvalue weighted by molar-refractivity contribution is 0.220. The maximum Gasteiger partial charge on any atom is 0.320 e. The molecule has 1 aliphatic rings. The quantitative estimate of drug-likeness (QED) is 0.364. The molecule has 0 bridgehead atoms. The van der Waals surface area contributed by atoms with Gasteiger partial charge in [-0.1, -0.05) is 122 Å². The number of aliphatic hydroxyl groups is 1. The Bertz CT molecular complexity index is 941. The summed E-state index contributed by atoms with van der Waals surface area (Å²) < 4.78 is 0. The molecule has 2 atom stereocenters. The van der Waals surface area contributed by atoms with Crippen LogP contribution in [0.1, 0.15) is 95.4 Å². The fourth-order valence-electron chi connectivity index (χ4n) is 3.49. The van der Waals surface area contributed by atoms with Gasteiger partial charge in [0.2, 0.25) is 0 Å². The van der Waals surface area contributed by atoms with E-state index in [2.05, 4.69) is 10.6 Å². The van der Waals surface area contributed by atoms with E-state index in [4.69, 9.17) is 0 Å². The molecule has 4 rings (SSSR count). The van der Waals surface area contributed by atoms with E-state index in [0.717, 1.165) is 33.5 Å². The van der Waals surface area contributed by atoms with Gasteiger partial charge in [0, 0.05) is 5.56 Å². The minimum absolute atomic E-state index is 0.217. The van der Waals surface area contributed by atoms with Crippen LogP contribution in [0.25, 0.3) is 0 Å². The number of carbonyl (C=O) groups excluding carboxylic acids is 1. The van der Waals surface area contributed by atoms with E-state index in [-0.39, 0.29) is 12.1 Å². The second-order valence-corrected chi connectivity index (χ2v) is 6.56. The van der Waals surface area contributed by atoms with Crippen molar-refractivity contribution in [1.29, 1.82) is 0 Å². The summed E-state index contributed by atoms with van der Waals surface area (Å²) in [7, 11) is 0. The van der Waals surface area contributed by atoms with Gasteiger partial charge in [0.15, 0.2) is 0 Å². The van der Waals surface area contributed by atoms with Crippen LogP contribution >= 0.6 is 0 Å². The molecule has 186 valence electrons. The second-order valence-electron chi connectivity index (χ2n) is 6.56. The Labute approximate surface area is 207 Å². The predicted molar refractivity (Wildman–Crippen MR) is 148 cm³/mol. The number of carbonyl (C=O) groups is 1. The Morgan fingerprint density at radius 1 is 0.735 bits per heavy atom. The standard InChI is InChI=1S/C22H20N2O2.4C2H6/c1-14-12-17(21(25)16-10-6-3-7-11-16)13-18-19(14)23-22(26)24-20(18)15-8-4-2-5-9-15;4*1-2/h2-13,20-21,25H,1H3,(H2,23,24,26);4*1-2H3. The Morgan fingerprint density at radius 3 is 1.76 bits per heavy atom. The molecule has 0 fully saturated rings. The molecule has 0 saturated carbocycles. The van der Waals surface area contributed by atoms with Gasteiger partial charge in [0.1, 0.15) is 6.10 Å². The third-order valence-electron chi connectivity index (χ3n) is 4.78. The summed E-state index contributed by atoms with van der Waals surface area (Å²) in [5.74, 6) is 0. The molecule has 2 unspecified atom stereocenters. The number of nitrogens with one attached hydrogen (secondary N) is 2. The molecule has 1 aliphatic heterocycles. The van der Waals surface area contributed by atoms with E-state index in [1.807, 2.05) is 135 Å². The first-order valence-corrected chi connectivity index (χ1v) is 12.6. The number of rotatable bonds is 3. The van der Waals surface area contributed by atoms with Crippen molar-refractivity contribution in [2.24, 2.45) is 0 Å². The van der Waals surface area contributed by atoms with Crippen molar-refractivity contribution in [3.8, 4) is 0 Å². The van der Waals surface area contributed by atoms with Crippen molar-refractivity contribution < 1.29 is 9.90 Å². The maximum atomic E-state index is 12.1. The summed E-state index contributed by atoms with van der Waals surface area (Å²) in [4.78, 5) is 12.1. The SMILES string of the molecule is CC.CC.CC.CC.Cc1cc(C(O)c2ccccc2)cc2c1NC(=O)NC2c1ccccc1. The van der Waals surface area contributed by atoms with Gasteiger partial charge >= 0.3 is 6.03 Å². The van der Waals surface area contributed by atoms with Crippen LogP contribution in [0.4, 0.5) is 10.5 Å². The molecular formula is C30H44N2O2. The first-order valence-electron chi connectivity index (χ1n) is 12.6. The number of benzene rings is 3. The molecule has 0 radical (unpaired) electrons. The smallest absolute Gasteiger partial charge is 0.320 e. The summed E-state index contributed by atoms with van der Waals surface area (Å²) in [6.45, 7) is 18.0. The van der Waals surface area contributed by atoms with Crippen LogP contribution in [0.3, 0.4) is 0 Å². The van der Waals surface area contributed by atoms with E-state index < -0.39 is 6.10 Å². The zero-order chi connectivity index (χ0) is 26.1. The highest BCUT2D eigenvalue weighted by Crippen LogP contribution is 2.37. The van der Waals surface area contributed by atoms with E-state index in [9.17, 15) is 9.90 Å². The monoisotopic (exact) mass is 464 g/mol. The van der Waals surface area contributed by atoms with E-state index in [1.54, 1.807) is 0 Å². The van der Waals surface area contributed by atoms with Gasteiger partial charge in [-0.25, -0.2) is 4.79 Å². The number of aryl methyl sites for hydroxylation is 1. The fourth-order valence-corrected chi connectivity index (χ4v) is 3.49. The van der Waals surface area contributed by atoms with Gasteiger partial charge < -0.3 is 15.7 Å². The number of hydrogen-bond acceptors (Lipinski definition) is 2. The number of anilines is 1. The van der Waals surface area contributed by atoms with Gasteiger partial charge in [0.05, 0.1) is 11.7 Å². The lowest BCUT2D eigenvalue weighted by Crippen LogP contribution is -2.38. The number of urea groups is 1. The van der Waals surface area contributed by atoms with Crippen molar-refractivity contribution >= 4 is 11.7 Å². The van der Waals surface area contributed by atoms with Gasteiger partial charge in [-0.3, -0.25) is 0 Å². The van der Waals surface area contributed by atoms with Crippen molar-refractivity contribution in [1.82, 2.24) is 5.32 Å². The first-order chi connectivity index (χ1) is 16.6. The zero-order valence-electron chi connectivity index (χ0n) is 22.4. The number of hydrogen-bond donors (Lipinski definition) is 3. The Kier molecular flexibility index (Phi) is 15.8. The van der Waals surface area contributed by atoms with Gasteiger partial charge in [-0.2, -0.15) is 0 Å². The predicted octanol–water partition coefficient (Wildman–Crippen LogP) is 8.41. The average molecular weight is 465 g/mol. The summed E-state index contributed by atoms with van der Waals surface area (Å²) in [6, 6.07) is 22.9. The maximum absolute atomic E-state index is 12.1. The number of aliphatic hydroxyl groups excluding tert-OH is 1. The highest BCUT2D eigenvalue weighted by atomic mass is 16.3. The topological polar surface area (TPSA) is 61.4 Å². The van der Waals surface area contributed by atoms with Crippen molar-refractivity contribution in [3.05, 3.63) is 101 Å². The molecular weight excluding hydrogens is 420 g/mol. The largest absolute Gasteiger partial charge is 0.384 e. The highest BCUT2D eigenvalue weighted by Gasteiger charge is 2.28. The molecule has 3 N–H and O–H groups in total. The molecule has 4 nitrogen and oxygen atoms in total. The van der Waals surface area contributed by atoms with E-state index >= 15 is 0 Å². The van der Waals surface area contributed by atoms with Crippen LogP contribution in [0, 0.1) is 6.92 Å². The Hall–Kier alpha value is -3.11. The normalized spacial score (nSPS) is 13.7. The molecule has 0 aromatic heterocycles. The van der Waals surface area contributed by atoms with Crippen LogP contribution in [-0.4, -0.2) is 11.1 Å². The molecule has 1 heterocycles. The first kappa shape index (κ1) is 30.9. The summed E-state index contributed by atoms with van der Waals surface area (Å²) in [5.41, 5.74) is 5.37. The van der Waals surface area contributed by atoms with Crippen LogP contribution in [-0.2, 0) is 0 Å². The van der Waals surface area contributed by atoms with E-state index in [1.165, 1.54) is 0 Å². The molecule has 34 heavy (non-hydrogen) atoms. The number of amides is 2. The average Bonchev–Trinajstić information content (AvgIpc) is 2.93. The third kappa shape index (κ3) is 8.03. The Morgan fingerprint density at radius 2 is 1.24 bits per heavy atom. The molecule has 3 aromatic rings. The lowest BCUT2D eigenvalue weighted by Gasteiger charge is -2.30. The second kappa shape index (κ2) is 17.4. The van der Waals surface area contributed by atoms with Gasteiger partial charge in [-0.05, 0) is 35.2 Å². The van der Waals surface area contributed by atoms with Crippen LogP contribution in [0.15, 0.2) is 72.8 Å². The molecule has 0 saturated heterocycles. The van der Waals surface area contributed by atoms with Gasteiger partial charge in [-0.15, -0.1) is 0 Å². The third-order valence-corrected chi connectivity index (χ3v) is 4.78. The van der Waals surface area contributed by atoms with E-state index in [0.29, 0.717) is 0 Å². The molecule has 2 amide bonds. The summed E-state index contributed by atoms with van der Waals surface area (Å²) in [6.07, 6.45) is -0.714. The summed E-state index contributed by atoms with van der Waals surface area (Å²) >= 11 is 0. The van der Waals surface area contributed by atoms with Crippen LogP contribution in [0.2, 0.25) is 0 Å². The molecule has 4 heteroatoms. The van der Waals surface area contributed by atoms with Crippen molar-refractivity contribution in [3.63, 3.8) is 0 Å². The number of fused-ring (bicyclic) bond motifs is 1. The minimum atomic E-state index is -0.714. The summed E-state index contributed by atoms with van der Waals surface area (Å²) in [5, 5.41) is 16.7.